The number of hydrogen-bond acceptors (Lipinski definition) is 3. The number of rotatable bonds is 5. The van der Waals surface area contributed by atoms with E-state index in [1.165, 1.54) is 4.31 Å². The highest BCUT2D eigenvalue weighted by molar-refractivity contribution is 7.88. The van der Waals surface area contributed by atoms with Crippen LogP contribution < -0.4 is 5.32 Å². The second-order valence-electron chi connectivity index (χ2n) is 6.99. The van der Waals surface area contributed by atoms with Crippen molar-refractivity contribution < 1.29 is 22.0 Å². The average Bonchev–Trinajstić information content (AvgIpc) is 2.66. The molecule has 1 saturated heterocycles. The van der Waals surface area contributed by atoms with E-state index in [1.807, 2.05) is 19.1 Å². The van der Waals surface area contributed by atoms with Crippen molar-refractivity contribution in [2.75, 3.05) is 18.4 Å². The Morgan fingerprint density at radius 2 is 1.96 bits per heavy atom. The summed E-state index contributed by atoms with van der Waals surface area (Å²) < 4.78 is 53.7. The van der Waals surface area contributed by atoms with Gasteiger partial charge < -0.3 is 5.32 Å². The van der Waals surface area contributed by atoms with Crippen molar-refractivity contribution in [1.82, 2.24) is 4.31 Å². The molecule has 8 heteroatoms. The van der Waals surface area contributed by atoms with E-state index in [0.29, 0.717) is 25.5 Å². The first-order valence-electron chi connectivity index (χ1n) is 9.04. The lowest BCUT2D eigenvalue weighted by Crippen LogP contribution is -2.44. The van der Waals surface area contributed by atoms with Gasteiger partial charge in [-0.3, -0.25) is 4.79 Å². The molecule has 3 rings (SSSR count). The van der Waals surface area contributed by atoms with E-state index in [9.17, 15) is 22.0 Å². The van der Waals surface area contributed by atoms with Crippen molar-refractivity contribution in [2.24, 2.45) is 5.92 Å². The van der Waals surface area contributed by atoms with Crippen molar-refractivity contribution in [3.8, 4) is 0 Å². The third kappa shape index (κ3) is 4.74. The van der Waals surface area contributed by atoms with Gasteiger partial charge in [0, 0.05) is 19.2 Å². The Kier molecular flexibility index (Phi) is 6.10. The number of carbonyl (C=O) groups excluding carboxylic acids is 1. The van der Waals surface area contributed by atoms with E-state index >= 15 is 0 Å². The predicted octanol–water partition coefficient (Wildman–Crippen LogP) is 3.45. The fourth-order valence-electron chi connectivity index (χ4n) is 3.29. The molecular weight excluding hydrogens is 386 g/mol. The molecule has 0 saturated carbocycles. The zero-order valence-corrected chi connectivity index (χ0v) is 16.3. The quantitative estimate of drug-likeness (QED) is 0.824. The van der Waals surface area contributed by atoms with Crippen LogP contribution in [0.3, 0.4) is 0 Å². The fourth-order valence-corrected chi connectivity index (χ4v) is 5.01. The number of carbonyl (C=O) groups is 1. The Balaban J connectivity index is 1.69. The molecule has 1 amide bonds. The van der Waals surface area contributed by atoms with E-state index in [-0.39, 0.29) is 18.0 Å². The highest BCUT2D eigenvalue weighted by Gasteiger charge is 2.32. The normalized spacial score (nSPS) is 18.0. The second kappa shape index (κ2) is 8.36. The number of amides is 1. The van der Waals surface area contributed by atoms with Crippen molar-refractivity contribution >= 4 is 21.6 Å². The maximum atomic E-state index is 13.8. The topological polar surface area (TPSA) is 66.5 Å². The molecule has 1 N–H and O–H groups in total. The van der Waals surface area contributed by atoms with Crippen LogP contribution in [-0.2, 0) is 20.6 Å². The monoisotopic (exact) mass is 408 g/mol. The number of hydrogen-bond donors (Lipinski definition) is 1. The zero-order valence-electron chi connectivity index (χ0n) is 15.5. The summed E-state index contributed by atoms with van der Waals surface area (Å²) in [4.78, 5) is 12.5. The van der Waals surface area contributed by atoms with Gasteiger partial charge in [-0.25, -0.2) is 21.5 Å². The maximum Gasteiger partial charge on any atom is 0.228 e. The fraction of sp³-hybridized carbons (Fsp3) is 0.350. The maximum absolute atomic E-state index is 13.8. The number of benzene rings is 2. The largest absolute Gasteiger partial charge is 0.323 e. The standard InChI is InChI=1S/C20H22F2N2O3S/c1-14-5-2-3-6-16(14)13-28(26,27)24-10-4-7-15(12-24)20(25)23-19-9-8-17(21)11-18(19)22/h2-3,5-6,8-9,11,15H,4,7,10,12-13H2,1H3,(H,23,25). The molecular formula is C20H22F2N2O3S. The number of halogens is 2. The summed E-state index contributed by atoms with van der Waals surface area (Å²) in [6.07, 6.45) is 1.04. The van der Waals surface area contributed by atoms with Gasteiger partial charge in [0.15, 0.2) is 0 Å². The molecule has 150 valence electrons. The summed E-state index contributed by atoms with van der Waals surface area (Å²) in [7, 11) is -3.58. The molecule has 1 aliphatic rings. The summed E-state index contributed by atoms with van der Waals surface area (Å²) in [5, 5.41) is 2.44. The molecule has 28 heavy (non-hydrogen) atoms. The van der Waals surface area contributed by atoms with Gasteiger partial charge >= 0.3 is 0 Å². The van der Waals surface area contributed by atoms with Gasteiger partial charge in [0.05, 0.1) is 17.4 Å². The third-order valence-corrected chi connectivity index (χ3v) is 6.73. The molecule has 0 bridgehead atoms. The van der Waals surface area contributed by atoms with Crippen molar-refractivity contribution in [2.45, 2.75) is 25.5 Å². The highest BCUT2D eigenvalue weighted by atomic mass is 32.2. The molecule has 1 heterocycles. The van der Waals surface area contributed by atoms with Gasteiger partial charge in [-0.2, -0.15) is 0 Å². The first kappa shape index (κ1) is 20.4. The lowest BCUT2D eigenvalue weighted by molar-refractivity contribution is -0.120. The SMILES string of the molecule is Cc1ccccc1CS(=O)(=O)N1CCCC(C(=O)Nc2ccc(F)cc2F)C1. The summed E-state index contributed by atoms with van der Waals surface area (Å²) in [6, 6.07) is 10.2. The van der Waals surface area contributed by atoms with Crippen LogP contribution in [0.2, 0.25) is 0 Å². The Labute approximate surface area is 163 Å². The van der Waals surface area contributed by atoms with E-state index in [4.69, 9.17) is 0 Å². The molecule has 0 aromatic heterocycles. The lowest BCUT2D eigenvalue weighted by Gasteiger charge is -2.31. The van der Waals surface area contributed by atoms with Gasteiger partial charge in [-0.15, -0.1) is 0 Å². The number of anilines is 1. The van der Waals surface area contributed by atoms with E-state index in [2.05, 4.69) is 5.32 Å². The minimum absolute atomic E-state index is 0.0445. The van der Waals surface area contributed by atoms with E-state index in [1.54, 1.807) is 12.1 Å². The number of nitrogens with one attached hydrogen (secondary N) is 1. The Bertz CT molecular complexity index is 979. The van der Waals surface area contributed by atoms with Crippen LogP contribution in [0.25, 0.3) is 0 Å². The number of sulfonamides is 1. The Morgan fingerprint density at radius 3 is 2.68 bits per heavy atom. The zero-order chi connectivity index (χ0) is 20.3. The van der Waals surface area contributed by atoms with Gasteiger partial charge in [0.1, 0.15) is 11.6 Å². The molecule has 1 fully saturated rings. The molecule has 1 atom stereocenters. The van der Waals surface area contributed by atoms with Gasteiger partial charge in [-0.05, 0) is 43.0 Å². The van der Waals surface area contributed by atoms with E-state index < -0.39 is 33.5 Å². The summed E-state index contributed by atoms with van der Waals surface area (Å²) in [5.74, 6) is -2.79. The van der Waals surface area contributed by atoms with Crippen LogP contribution in [-0.4, -0.2) is 31.7 Å². The average molecular weight is 408 g/mol. The van der Waals surface area contributed by atoms with Crippen LogP contribution in [0.1, 0.15) is 24.0 Å². The molecule has 2 aromatic carbocycles. The van der Waals surface area contributed by atoms with Gasteiger partial charge in [0.2, 0.25) is 15.9 Å². The molecule has 1 aliphatic heterocycles. The van der Waals surface area contributed by atoms with Crippen molar-refractivity contribution in [3.63, 3.8) is 0 Å². The van der Waals surface area contributed by atoms with Crippen LogP contribution in [0.4, 0.5) is 14.5 Å². The van der Waals surface area contributed by atoms with Crippen molar-refractivity contribution in [3.05, 3.63) is 65.2 Å². The summed E-state index contributed by atoms with van der Waals surface area (Å²) in [6.45, 7) is 2.25. The number of nitrogens with zero attached hydrogens (tertiary/aromatic N) is 1. The molecule has 5 nitrogen and oxygen atoms in total. The molecule has 0 spiro atoms. The summed E-state index contributed by atoms with van der Waals surface area (Å²) in [5.41, 5.74) is 1.50. The van der Waals surface area contributed by atoms with Gasteiger partial charge in [-0.1, -0.05) is 24.3 Å². The van der Waals surface area contributed by atoms with Crippen LogP contribution in [0.5, 0.6) is 0 Å². The molecule has 2 aromatic rings. The first-order chi connectivity index (χ1) is 13.3. The predicted molar refractivity (Wildman–Crippen MR) is 103 cm³/mol. The highest BCUT2D eigenvalue weighted by Crippen LogP contribution is 2.24. The smallest absolute Gasteiger partial charge is 0.228 e. The lowest BCUT2D eigenvalue weighted by atomic mass is 9.98. The van der Waals surface area contributed by atoms with Crippen LogP contribution >= 0.6 is 0 Å². The van der Waals surface area contributed by atoms with E-state index in [0.717, 1.165) is 23.3 Å². The summed E-state index contributed by atoms with van der Waals surface area (Å²) >= 11 is 0. The van der Waals surface area contributed by atoms with Gasteiger partial charge in [0.25, 0.3) is 0 Å². The molecule has 0 aliphatic carbocycles. The number of piperidine rings is 1. The third-order valence-electron chi connectivity index (χ3n) is 4.94. The van der Waals surface area contributed by atoms with Crippen LogP contribution in [0.15, 0.2) is 42.5 Å². The Hall–Kier alpha value is -2.32. The number of aryl methyl sites for hydroxylation is 1. The van der Waals surface area contributed by atoms with Crippen molar-refractivity contribution in [1.29, 1.82) is 0 Å². The molecule has 0 radical (unpaired) electrons. The first-order valence-corrected chi connectivity index (χ1v) is 10.7. The Morgan fingerprint density at radius 1 is 1.21 bits per heavy atom. The second-order valence-corrected chi connectivity index (χ2v) is 8.96. The minimum Gasteiger partial charge on any atom is -0.323 e. The minimum atomic E-state index is -3.58. The van der Waals surface area contributed by atoms with Crippen LogP contribution in [0, 0.1) is 24.5 Å². The molecule has 1 unspecified atom stereocenters.